The maximum atomic E-state index is 12.8. The molecule has 0 bridgehead atoms. The molecule has 0 saturated carbocycles. The van der Waals surface area contributed by atoms with Gasteiger partial charge in [0.2, 0.25) is 0 Å². The van der Waals surface area contributed by atoms with E-state index in [0.717, 1.165) is 11.1 Å². The first-order valence-electron chi connectivity index (χ1n) is 9.02. The van der Waals surface area contributed by atoms with Gasteiger partial charge in [-0.1, -0.05) is 42.5 Å². The molecule has 3 N–H and O–H groups in total. The number of benzene rings is 2. The first-order chi connectivity index (χ1) is 13.6. The standard InChI is InChI=1S/C21H22N2O4S/c1-2-26-20(25)17-18(14-6-4-3-5-7-14)22-21(28)23-19(17)15-8-10-16(11-9-15)27-13-12-24/h3-11,19,24H,2,12-13H2,1H3,(H2,22,23,28). The molecule has 1 aliphatic rings. The van der Waals surface area contributed by atoms with Crippen LogP contribution in [0.1, 0.15) is 24.1 Å². The van der Waals surface area contributed by atoms with E-state index in [2.05, 4.69) is 10.6 Å². The Labute approximate surface area is 169 Å². The van der Waals surface area contributed by atoms with E-state index in [1.54, 1.807) is 19.1 Å². The molecule has 2 aromatic rings. The van der Waals surface area contributed by atoms with Crippen molar-refractivity contribution in [1.82, 2.24) is 10.6 Å². The van der Waals surface area contributed by atoms with Crippen molar-refractivity contribution in [2.75, 3.05) is 19.8 Å². The average molecular weight is 398 g/mol. The summed E-state index contributed by atoms with van der Waals surface area (Å²) >= 11 is 5.39. The third-order valence-corrected chi connectivity index (χ3v) is 4.42. The van der Waals surface area contributed by atoms with Crippen LogP contribution in [0.3, 0.4) is 0 Å². The summed E-state index contributed by atoms with van der Waals surface area (Å²) in [5.41, 5.74) is 2.79. The van der Waals surface area contributed by atoms with Crippen LogP contribution in [0, 0.1) is 0 Å². The summed E-state index contributed by atoms with van der Waals surface area (Å²) in [5.74, 6) is 0.230. The zero-order valence-corrected chi connectivity index (χ0v) is 16.3. The van der Waals surface area contributed by atoms with Crippen LogP contribution in [0.2, 0.25) is 0 Å². The number of aliphatic hydroxyl groups is 1. The minimum absolute atomic E-state index is 0.0535. The number of thiocarbonyl (C=S) groups is 1. The van der Waals surface area contributed by atoms with Gasteiger partial charge >= 0.3 is 5.97 Å². The number of aliphatic hydroxyl groups excluding tert-OH is 1. The van der Waals surface area contributed by atoms with Gasteiger partial charge in [-0.25, -0.2) is 4.79 Å². The Hall–Kier alpha value is -2.90. The van der Waals surface area contributed by atoms with Crippen molar-refractivity contribution in [2.45, 2.75) is 13.0 Å². The highest BCUT2D eigenvalue weighted by atomic mass is 32.1. The molecule has 1 atom stereocenters. The number of nitrogens with one attached hydrogen (secondary N) is 2. The highest BCUT2D eigenvalue weighted by Gasteiger charge is 2.33. The lowest BCUT2D eigenvalue weighted by Crippen LogP contribution is -2.45. The molecule has 28 heavy (non-hydrogen) atoms. The lowest BCUT2D eigenvalue weighted by Gasteiger charge is -2.31. The molecule has 0 radical (unpaired) electrons. The molecule has 0 aromatic heterocycles. The van der Waals surface area contributed by atoms with E-state index < -0.39 is 12.0 Å². The Morgan fingerprint density at radius 1 is 1.14 bits per heavy atom. The number of rotatable bonds is 7. The number of ether oxygens (including phenoxy) is 2. The van der Waals surface area contributed by atoms with Crippen molar-refractivity contribution < 1.29 is 19.4 Å². The monoisotopic (exact) mass is 398 g/mol. The molecule has 1 unspecified atom stereocenters. The highest BCUT2D eigenvalue weighted by molar-refractivity contribution is 7.80. The highest BCUT2D eigenvalue weighted by Crippen LogP contribution is 2.32. The van der Waals surface area contributed by atoms with Crippen LogP contribution in [-0.4, -0.2) is 36.0 Å². The summed E-state index contributed by atoms with van der Waals surface area (Å²) in [7, 11) is 0. The summed E-state index contributed by atoms with van der Waals surface area (Å²) in [6.45, 7) is 2.22. The van der Waals surface area contributed by atoms with Gasteiger partial charge < -0.3 is 25.2 Å². The minimum atomic E-state index is -0.463. The molecule has 146 valence electrons. The summed E-state index contributed by atoms with van der Waals surface area (Å²) < 4.78 is 10.7. The number of carbonyl (C=O) groups excluding carboxylic acids is 1. The Morgan fingerprint density at radius 3 is 2.50 bits per heavy atom. The minimum Gasteiger partial charge on any atom is -0.491 e. The number of esters is 1. The van der Waals surface area contributed by atoms with Crippen molar-refractivity contribution >= 4 is 29.0 Å². The molecule has 6 nitrogen and oxygen atoms in total. The summed E-state index contributed by atoms with van der Waals surface area (Å²) in [6, 6.07) is 16.4. The molecule has 7 heteroatoms. The number of hydrogen-bond acceptors (Lipinski definition) is 5. The first-order valence-corrected chi connectivity index (χ1v) is 9.42. The first kappa shape index (κ1) is 19.9. The summed E-state index contributed by atoms with van der Waals surface area (Å²) in [5, 5.41) is 15.6. The Balaban J connectivity index is 2.04. The molecule has 1 heterocycles. The summed E-state index contributed by atoms with van der Waals surface area (Å²) in [4.78, 5) is 12.8. The van der Waals surface area contributed by atoms with Crippen LogP contribution in [0.4, 0.5) is 0 Å². The zero-order chi connectivity index (χ0) is 19.9. The van der Waals surface area contributed by atoms with Gasteiger partial charge in [-0.3, -0.25) is 0 Å². The molecule has 0 spiro atoms. The Bertz CT molecular complexity index is 866. The number of carbonyl (C=O) groups is 1. The fraction of sp³-hybridized carbons (Fsp3) is 0.238. The van der Waals surface area contributed by atoms with Gasteiger partial charge in [0.15, 0.2) is 5.11 Å². The Morgan fingerprint density at radius 2 is 1.86 bits per heavy atom. The smallest absolute Gasteiger partial charge is 0.338 e. The SMILES string of the molecule is CCOC(=O)C1=C(c2ccccc2)NC(=S)NC1c1ccc(OCCO)cc1. The van der Waals surface area contributed by atoms with Crippen LogP contribution in [0.15, 0.2) is 60.2 Å². The van der Waals surface area contributed by atoms with Crippen molar-refractivity contribution in [1.29, 1.82) is 0 Å². The van der Waals surface area contributed by atoms with Gasteiger partial charge in [0, 0.05) is 0 Å². The second-order valence-corrected chi connectivity index (χ2v) is 6.46. The summed E-state index contributed by atoms with van der Waals surface area (Å²) in [6.07, 6.45) is 0. The molecular formula is C21H22N2O4S. The third-order valence-electron chi connectivity index (χ3n) is 4.20. The normalized spacial score (nSPS) is 16.2. The second kappa shape index (κ2) is 9.34. The van der Waals surface area contributed by atoms with E-state index in [-0.39, 0.29) is 19.8 Å². The Kier molecular flexibility index (Phi) is 6.62. The van der Waals surface area contributed by atoms with Crippen LogP contribution >= 0.6 is 12.2 Å². The molecule has 2 aromatic carbocycles. The van der Waals surface area contributed by atoms with E-state index >= 15 is 0 Å². The van der Waals surface area contributed by atoms with Gasteiger partial charge in [-0.05, 0) is 42.4 Å². The fourth-order valence-corrected chi connectivity index (χ4v) is 3.22. The predicted octanol–water partition coefficient (Wildman–Crippen LogP) is 2.55. The van der Waals surface area contributed by atoms with E-state index in [4.69, 9.17) is 26.8 Å². The lowest BCUT2D eigenvalue weighted by molar-refractivity contribution is -0.138. The van der Waals surface area contributed by atoms with Crippen molar-refractivity contribution in [3.8, 4) is 5.75 Å². The largest absolute Gasteiger partial charge is 0.491 e. The molecule has 0 aliphatic carbocycles. The van der Waals surface area contributed by atoms with Crippen molar-refractivity contribution in [3.05, 3.63) is 71.3 Å². The quantitative estimate of drug-likeness (QED) is 0.489. The van der Waals surface area contributed by atoms with E-state index in [1.165, 1.54) is 0 Å². The van der Waals surface area contributed by atoms with Crippen molar-refractivity contribution in [3.63, 3.8) is 0 Å². The fourth-order valence-electron chi connectivity index (χ4n) is 3.00. The van der Waals surface area contributed by atoms with E-state index in [1.807, 2.05) is 42.5 Å². The van der Waals surface area contributed by atoms with Crippen molar-refractivity contribution in [2.24, 2.45) is 0 Å². The maximum absolute atomic E-state index is 12.8. The van der Waals surface area contributed by atoms with Gasteiger partial charge in [0.25, 0.3) is 0 Å². The molecule has 0 saturated heterocycles. The van der Waals surface area contributed by atoms with Gasteiger partial charge in [-0.2, -0.15) is 0 Å². The molecule has 3 rings (SSSR count). The molecular weight excluding hydrogens is 376 g/mol. The van der Waals surface area contributed by atoms with Gasteiger partial charge in [0.1, 0.15) is 12.4 Å². The molecule has 0 amide bonds. The van der Waals surface area contributed by atoms with Gasteiger partial charge in [0.05, 0.1) is 30.5 Å². The third kappa shape index (κ3) is 4.49. The molecule has 1 aliphatic heterocycles. The molecule has 0 fully saturated rings. The predicted molar refractivity (Wildman–Crippen MR) is 111 cm³/mol. The second-order valence-electron chi connectivity index (χ2n) is 6.05. The lowest BCUT2D eigenvalue weighted by atomic mass is 9.93. The average Bonchev–Trinajstić information content (AvgIpc) is 2.72. The van der Waals surface area contributed by atoms with Crippen LogP contribution in [0.5, 0.6) is 5.75 Å². The topological polar surface area (TPSA) is 79.8 Å². The maximum Gasteiger partial charge on any atom is 0.338 e. The van der Waals surface area contributed by atoms with Gasteiger partial charge in [-0.15, -0.1) is 0 Å². The van der Waals surface area contributed by atoms with Crippen LogP contribution < -0.4 is 15.4 Å². The van der Waals surface area contributed by atoms with Crippen LogP contribution in [0.25, 0.3) is 5.70 Å². The van der Waals surface area contributed by atoms with E-state index in [0.29, 0.717) is 22.1 Å². The van der Waals surface area contributed by atoms with E-state index in [9.17, 15) is 4.79 Å². The zero-order valence-electron chi connectivity index (χ0n) is 15.5. The number of hydrogen-bond donors (Lipinski definition) is 3. The van der Waals surface area contributed by atoms with Crippen LogP contribution in [-0.2, 0) is 9.53 Å².